The third-order valence-corrected chi connectivity index (χ3v) is 0.687. The molecule has 0 amide bonds. The molecule has 1 nitrogen and oxygen atoms in total. The molecule has 0 fully saturated rings. The zero-order chi connectivity index (χ0) is 6.78. The minimum Gasteiger partial charge on any atom is -0.230 e. The number of carbonyl (C=O) groups excluding carboxylic acids is 1. The maximum Gasteiger partial charge on any atom is 0.362 e. The molecule has 8 heavy (non-hydrogen) atoms. The van der Waals surface area contributed by atoms with Gasteiger partial charge in [0.2, 0.25) is 0 Å². The van der Waals surface area contributed by atoms with Crippen LogP contribution in [-0.4, -0.2) is 10.8 Å². The highest BCUT2D eigenvalue weighted by atomic mass is 79.9. The van der Waals surface area contributed by atoms with Crippen LogP contribution in [0.4, 0.5) is 13.2 Å². The van der Waals surface area contributed by atoms with Crippen molar-refractivity contribution in [2.75, 3.05) is 0 Å². The Morgan fingerprint density at radius 2 is 2.00 bits per heavy atom. The number of alkyl halides is 3. The second kappa shape index (κ2) is 2.33. The number of halogens is 4. The van der Waals surface area contributed by atoms with Crippen LogP contribution in [0.25, 0.3) is 0 Å². The first-order chi connectivity index (χ1) is 3.48. The molecule has 0 saturated heterocycles. The van der Waals surface area contributed by atoms with Gasteiger partial charge in [0.15, 0.2) is 5.94 Å². The van der Waals surface area contributed by atoms with Gasteiger partial charge in [-0.3, -0.25) is 0 Å². The first-order valence-electron chi connectivity index (χ1n) is 1.46. The summed E-state index contributed by atoms with van der Waals surface area (Å²) in [4.78, 5) is 5.25. The van der Waals surface area contributed by atoms with Gasteiger partial charge in [0.1, 0.15) is 0 Å². The highest BCUT2D eigenvalue weighted by molar-refractivity contribution is 9.10. The molecule has 0 saturated carbocycles. The molecular formula is C3BrF3O. The molecule has 5 heteroatoms. The maximum atomic E-state index is 11.4. The predicted molar refractivity (Wildman–Crippen MR) is 24.2 cm³/mol. The van der Waals surface area contributed by atoms with Crippen molar-refractivity contribution in [2.45, 2.75) is 4.83 Å². The summed E-state index contributed by atoms with van der Waals surface area (Å²) in [6, 6.07) is 0. The average Bonchev–Trinajstić information content (AvgIpc) is 1.62. The number of allylic oxidation sites excluding steroid dienone is 1. The lowest BCUT2D eigenvalue weighted by Crippen LogP contribution is -2.04. The Morgan fingerprint density at radius 1 is 1.62 bits per heavy atom. The summed E-state index contributed by atoms with van der Waals surface area (Å²) in [7, 11) is 0. The zero-order valence-electron chi connectivity index (χ0n) is 3.42. The van der Waals surface area contributed by atoms with E-state index in [1.165, 1.54) is 0 Å². The van der Waals surface area contributed by atoms with E-state index in [0.717, 1.165) is 0 Å². The summed E-state index contributed by atoms with van der Waals surface area (Å²) >= 11 is 1.60. The average molecular weight is 189 g/mol. The van der Waals surface area contributed by atoms with E-state index in [9.17, 15) is 13.2 Å². The van der Waals surface area contributed by atoms with Crippen LogP contribution in [0.1, 0.15) is 0 Å². The molecule has 0 aliphatic carbocycles. The van der Waals surface area contributed by atoms with Gasteiger partial charge in [-0.2, -0.15) is 13.2 Å². The fourth-order valence-corrected chi connectivity index (χ4v) is 0.139. The van der Waals surface area contributed by atoms with Gasteiger partial charge in [0.25, 0.3) is 5.83 Å². The van der Waals surface area contributed by atoms with Crippen LogP contribution < -0.4 is 0 Å². The van der Waals surface area contributed by atoms with Gasteiger partial charge in [-0.15, -0.1) is 0 Å². The van der Waals surface area contributed by atoms with Crippen LogP contribution in [0, 0.1) is 0 Å². The quantitative estimate of drug-likeness (QED) is 0.452. The van der Waals surface area contributed by atoms with Gasteiger partial charge < -0.3 is 0 Å². The van der Waals surface area contributed by atoms with Gasteiger partial charge in [-0.25, -0.2) is 4.79 Å². The molecular weight excluding hydrogens is 189 g/mol. The second-order valence-corrected chi connectivity index (χ2v) is 1.91. The standard InChI is InChI=1S/C3BrF3O/c4-3(6,7)2(5)1-8. The van der Waals surface area contributed by atoms with Gasteiger partial charge in [-0.1, -0.05) is 0 Å². The summed E-state index contributed by atoms with van der Waals surface area (Å²) in [5.74, 6) is -1.73. The number of rotatable bonds is 1. The summed E-state index contributed by atoms with van der Waals surface area (Å²) < 4.78 is 34.1. The van der Waals surface area contributed by atoms with Crippen LogP contribution in [-0.2, 0) is 4.79 Å². The SMILES string of the molecule is O=C=C(F)C(F)(F)Br. The third kappa shape index (κ3) is 2.14. The maximum absolute atomic E-state index is 11.4. The second-order valence-electron chi connectivity index (χ2n) is 0.914. The molecule has 0 atom stereocenters. The van der Waals surface area contributed by atoms with Crippen LogP contribution in [0.3, 0.4) is 0 Å². The molecule has 0 bridgehead atoms. The fraction of sp³-hybridized carbons (Fsp3) is 0.333. The lowest BCUT2D eigenvalue weighted by Gasteiger charge is -1.97. The van der Waals surface area contributed by atoms with E-state index in [4.69, 9.17) is 4.79 Å². The lowest BCUT2D eigenvalue weighted by atomic mass is 10.6. The number of hydrogen-bond donors (Lipinski definition) is 0. The third-order valence-electron chi connectivity index (χ3n) is 0.338. The van der Waals surface area contributed by atoms with Crippen molar-refractivity contribution in [1.82, 2.24) is 0 Å². The van der Waals surface area contributed by atoms with Crippen LogP contribution in [0.2, 0.25) is 0 Å². The molecule has 0 N–H and O–H groups in total. The molecule has 0 aromatic heterocycles. The van der Waals surface area contributed by atoms with E-state index < -0.39 is 10.7 Å². The van der Waals surface area contributed by atoms with Crippen molar-refractivity contribution in [3.63, 3.8) is 0 Å². The summed E-state index contributed by atoms with van der Waals surface area (Å²) in [6.07, 6.45) is 0. The normalized spacial score (nSPS) is 10.5. The Morgan fingerprint density at radius 3 is 2.00 bits per heavy atom. The molecule has 0 aliphatic rings. The Labute approximate surface area is 51.3 Å². The topological polar surface area (TPSA) is 17.1 Å². The monoisotopic (exact) mass is 188 g/mol. The van der Waals surface area contributed by atoms with E-state index in [1.54, 1.807) is 15.9 Å². The summed E-state index contributed by atoms with van der Waals surface area (Å²) in [6.45, 7) is 0. The highest BCUT2D eigenvalue weighted by Gasteiger charge is 2.32. The van der Waals surface area contributed by atoms with Crippen LogP contribution in [0.5, 0.6) is 0 Å². The van der Waals surface area contributed by atoms with Crippen LogP contribution in [0.15, 0.2) is 5.83 Å². The molecule has 0 aliphatic heterocycles. The largest absolute Gasteiger partial charge is 0.362 e. The number of hydrogen-bond acceptors (Lipinski definition) is 1. The Hall–Kier alpha value is -0.280. The molecule has 0 spiro atoms. The van der Waals surface area contributed by atoms with E-state index in [0.29, 0.717) is 5.94 Å². The molecule has 0 aromatic carbocycles. The van der Waals surface area contributed by atoms with Crippen molar-refractivity contribution in [3.8, 4) is 0 Å². The van der Waals surface area contributed by atoms with Crippen LogP contribution >= 0.6 is 15.9 Å². The fourth-order valence-electron chi connectivity index (χ4n) is 0.0579. The molecule has 0 aromatic rings. The summed E-state index contributed by atoms with van der Waals surface area (Å²) in [5.41, 5.74) is 0. The zero-order valence-corrected chi connectivity index (χ0v) is 5.01. The van der Waals surface area contributed by atoms with Crippen molar-refractivity contribution in [2.24, 2.45) is 0 Å². The van der Waals surface area contributed by atoms with E-state index in [2.05, 4.69) is 0 Å². The summed E-state index contributed by atoms with van der Waals surface area (Å²) in [5, 5.41) is 0. The Bertz CT molecular complexity index is 132. The first-order valence-corrected chi connectivity index (χ1v) is 2.25. The van der Waals surface area contributed by atoms with E-state index in [1.807, 2.05) is 0 Å². The van der Waals surface area contributed by atoms with Crippen molar-refractivity contribution >= 4 is 21.9 Å². The Kier molecular flexibility index (Phi) is 2.25. The van der Waals surface area contributed by atoms with Crippen molar-refractivity contribution in [1.29, 1.82) is 0 Å². The smallest absolute Gasteiger partial charge is 0.230 e. The molecule has 0 heterocycles. The minimum atomic E-state index is -3.85. The van der Waals surface area contributed by atoms with E-state index in [-0.39, 0.29) is 0 Å². The van der Waals surface area contributed by atoms with Crippen molar-refractivity contribution in [3.05, 3.63) is 5.83 Å². The predicted octanol–water partition coefficient (Wildman–Crippen LogP) is 1.66. The van der Waals surface area contributed by atoms with Gasteiger partial charge >= 0.3 is 4.83 Å². The molecule has 0 unspecified atom stereocenters. The lowest BCUT2D eigenvalue weighted by molar-refractivity contribution is 0.130. The van der Waals surface area contributed by atoms with Gasteiger partial charge in [0, 0.05) is 0 Å². The van der Waals surface area contributed by atoms with Crippen molar-refractivity contribution < 1.29 is 18.0 Å². The van der Waals surface area contributed by atoms with Gasteiger partial charge in [-0.05, 0) is 15.9 Å². The molecule has 0 radical (unpaired) electrons. The first kappa shape index (κ1) is 7.72. The highest BCUT2D eigenvalue weighted by Crippen LogP contribution is 2.29. The molecule has 0 rings (SSSR count). The van der Waals surface area contributed by atoms with Gasteiger partial charge in [0.05, 0.1) is 0 Å². The van der Waals surface area contributed by atoms with E-state index >= 15 is 0 Å². The Balaban J connectivity index is 4.26. The molecule has 46 valence electrons. The minimum absolute atomic E-state index is 0.408.